The van der Waals surface area contributed by atoms with E-state index in [9.17, 15) is 9.59 Å². The second-order valence-electron chi connectivity index (χ2n) is 8.65. The van der Waals surface area contributed by atoms with Gasteiger partial charge in [0.25, 0.3) is 5.91 Å². The topological polar surface area (TPSA) is 111 Å². The number of carbonyl (C=O) groups is 2. The largest absolute Gasteiger partial charge is 0.496 e. The van der Waals surface area contributed by atoms with Crippen LogP contribution in [0.3, 0.4) is 0 Å². The number of hydrogen-bond donors (Lipinski definition) is 1. The maximum Gasteiger partial charge on any atom is 0.260 e. The van der Waals surface area contributed by atoms with Crippen LogP contribution in [-0.4, -0.2) is 63.8 Å². The number of amides is 2. The molecule has 10 heteroatoms. The van der Waals surface area contributed by atoms with Crippen molar-refractivity contribution >= 4 is 17.6 Å². The number of hydrogen-bond acceptors (Lipinski definition) is 7. The van der Waals surface area contributed by atoms with Gasteiger partial charge >= 0.3 is 0 Å². The van der Waals surface area contributed by atoms with Gasteiger partial charge in [-0.25, -0.2) is 4.98 Å². The molecule has 3 aromatic rings. The fraction of sp³-hybridized carbons (Fsp3) is 0.400. The minimum absolute atomic E-state index is 0.0367. The van der Waals surface area contributed by atoms with Gasteiger partial charge in [0.15, 0.2) is 5.82 Å². The molecule has 1 aliphatic rings. The van der Waals surface area contributed by atoms with E-state index in [1.807, 2.05) is 36.6 Å². The van der Waals surface area contributed by atoms with E-state index in [-0.39, 0.29) is 17.9 Å². The van der Waals surface area contributed by atoms with Crippen molar-refractivity contribution in [2.24, 2.45) is 0 Å². The fourth-order valence-electron chi connectivity index (χ4n) is 4.11. The molecule has 4 rings (SSSR count). The molecule has 35 heavy (non-hydrogen) atoms. The van der Waals surface area contributed by atoms with Gasteiger partial charge in [-0.1, -0.05) is 6.07 Å². The summed E-state index contributed by atoms with van der Waals surface area (Å²) < 4.78 is 12.5. The third-order valence-corrected chi connectivity index (χ3v) is 6.00. The number of nitrogens with one attached hydrogen (secondary N) is 1. The molecule has 184 valence electrons. The molecule has 0 spiro atoms. The maximum absolute atomic E-state index is 13.2. The monoisotopic (exact) mass is 478 g/mol. The molecular formula is C25H30N6O4. The molecule has 0 aliphatic carbocycles. The Labute approximate surface area is 204 Å². The Kier molecular flexibility index (Phi) is 7.40. The van der Waals surface area contributed by atoms with Crippen LogP contribution >= 0.6 is 0 Å². The molecule has 0 fully saturated rings. The highest BCUT2D eigenvalue weighted by Crippen LogP contribution is 2.29. The van der Waals surface area contributed by atoms with Crippen LogP contribution in [0.2, 0.25) is 0 Å². The molecule has 0 saturated heterocycles. The quantitative estimate of drug-likeness (QED) is 0.529. The smallest absolute Gasteiger partial charge is 0.260 e. The summed E-state index contributed by atoms with van der Waals surface area (Å²) in [6.07, 6.45) is 2.70. The van der Waals surface area contributed by atoms with E-state index in [0.717, 1.165) is 11.1 Å². The molecule has 0 saturated carbocycles. The Morgan fingerprint density at radius 3 is 2.74 bits per heavy atom. The third kappa shape index (κ3) is 5.32. The summed E-state index contributed by atoms with van der Waals surface area (Å²) in [5, 5.41) is 11.0. The Bertz CT molecular complexity index is 1220. The highest BCUT2D eigenvalue weighted by atomic mass is 16.5. The lowest BCUT2D eigenvalue weighted by atomic mass is 9.96. The van der Waals surface area contributed by atoms with Gasteiger partial charge in [0.05, 0.1) is 25.7 Å². The zero-order valence-corrected chi connectivity index (χ0v) is 20.4. The van der Waals surface area contributed by atoms with Crippen molar-refractivity contribution in [1.82, 2.24) is 24.6 Å². The number of pyridine rings is 1. The first-order valence-electron chi connectivity index (χ1n) is 11.6. The molecule has 3 heterocycles. The number of aromatic nitrogens is 4. The van der Waals surface area contributed by atoms with Crippen LogP contribution < -0.4 is 10.1 Å². The molecule has 0 radical (unpaired) electrons. The van der Waals surface area contributed by atoms with E-state index in [1.54, 1.807) is 37.6 Å². The lowest BCUT2D eigenvalue weighted by molar-refractivity contribution is -0.133. The zero-order chi connectivity index (χ0) is 24.9. The van der Waals surface area contributed by atoms with Crippen molar-refractivity contribution in [3.05, 3.63) is 53.3 Å². The molecule has 1 aromatic carbocycles. The van der Waals surface area contributed by atoms with E-state index in [0.29, 0.717) is 61.2 Å². The summed E-state index contributed by atoms with van der Waals surface area (Å²) in [7, 11) is 3.12. The van der Waals surface area contributed by atoms with Crippen LogP contribution in [0.15, 0.2) is 36.7 Å². The molecule has 0 unspecified atom stereocenters. The zero-order valence-electron chi connectivity index (χ0n) is 20.4. The van der Waals surface area contributed by atoms with Gasteiger partial charge < -0.3 is 24.3 Å². The molecule has 0 bridgehead atoms. The maximum atomic E-state index is 13.2. The molecule has 10 nitrogen and oxygen atoms in total. The summed E-state index contributed by atoms with van der Waals surface area (Å²) in [6.45, 7) is 5.53. The molecule has 1 aliphatic heterocycles. The minimum atomic E-state index is -0.345. The van der Waals surface area contributed by atoms with Gasteiger partial charge in [-0.15, -0.1) is 10.2 Å². The molecular weight excluding hydrogens is 448 g/mol. The predicted molar refractivity (Wildman–Crippen MR) is 130 cm³/mol. The number of ether oxygens (including phenoxy) is 2. The summed E-state index contributed by atoms with van der Waals surface area (Å²) in [5.41, 5.74) is 2.99. The molecule has 2 amide bonds. The van der Waals surface area contributed by atoms with Crippen molar-refractivity contribution in [1.29, 1.82) is 0 Å². The minimum Gasteiger partial charge on any atom is -0.496 e. The van der Waals surface area contributed by atoms with Crippen molar-refractivity contribution in [3.63, 3.8) is 0 Å². The average molecular weight is 479 g/mol. The van der Waals surface area contributed by atoms with Gasteiger partial charge in [-0.2, -0.15) is 0 Å². The number of fused-ring (bicyclic) bond motifs is 1. The molecule has 1 N–H and O–H groups in total. The predicted octanol–water partition coefficient (Wildman–Crippen LogP) is 3.10. The molecule has 0 atom stereocenters. The van der Waals surface area contributed by atoms with E-state index in [4.69, 9.17) is 9.47 Å². The van der Waals surface area contributed by atoms with E-state index >= 15 is 0 Å². The number of carbonyl (C=O) groups excluding carboxylic acids is 2. The number of benzene rings is 1. The van der Waals surface area contributed by atoms with Crippen molar-refractivity contribution < 1.29 is 19.1 Å². The summed E-state index contributed by atoms with van der Waals surface area (Å²) in [6, 6.07) is 9.21. The first kappa shape index (κ1) is 24.3. The highest BCUT2D eigenvalue weighted by Gasteiger charge is 2.24. The highest BCUT2D eigenvalue weighted by molar-refractivity contribution is 6.06. The van der Waals surface area contributed by atoms with Crippen LogP contribution in [-0.2, 0) is 22.5 Å². The summed E-state index contributed by atoms with van der Waals surface area (Å²) in [5.74, 6) is 1.19. The standard InChI is InChI=1S/C25H30N6O4/c1-16(2)31-15-26-29-24(31)20-6-5-7-22(27-20)28-25(33)19-12-18-14-30(23(32)9-11-34-3)10-8-17(18)13-21(19)35-4/h5-7,12-13,15-16H,8-11,14H2,1-4H3,(H,27,28,33). The van der Waals surface area contributed by atoms with Crippen LogP contribution in [0.5, 0.6) is 5.75 Å². The first-order chi connectivity index (χ1) is 16.9. The van der Waals surface area contributed by atoms with Gasteiger partial charge in [0.2, 0.25) is 5.91 Å². The number of methoxy groups -OCH3 is 2. The average Bonchev–Trinajstić information content (AvgIpc) is 3.37. The normalized spacial score (nSPS) is 13.0. The molecule has 2 aromatic heterocycles. The summed E-state index contributed by atoms with van der Waals surface area (Å²) >= 11 is 0. The fourth-order valence-corrected chi connectivity index (χ4v) is 4.11. The Hall–Kier alpha value is -3.79. The van der Waals surface area contributed by atoms with Gasteiger partial charge in [-0.3, -0.25) is 9.59 Å². The van der Waals surface area contributed by atoms with Crippen molar-refractivity contribution in [2.75, 3.05) is 32.7 Å². The van der Waals surface area contributed by atoms with Crippen molar-refractivity contribution in [2.45, 2.75) is 39.3 Å². The Morgan fingerprint density at radius 1 is 1.17 bits per heavy atom. The lowest BCUT2D eigenvalue weighted by Crippen LogP contribution is -2.36. The second-order valence-corrected chi connectivity index (χ2v) is 8.65. The lowest BCUT2D eigenvalue weighted by Gasteiger charge is -2.29. The van der Waals surface area contributed by atoms with Crippen LogP contribution in [0, 0.1) is 0 Å². The van der Waals surface area contributed by atoms with E-state index < -0.39 is 0 Å². The third-order valence-electron chi connectivity index (χ3n) is 6.00. The number of rotatable bonds is 8. The summed E-state index contributed by atoms with van der Waals surface area (Å²) in [4.78, 5) is 32.1. The van der Waals surface area contributed by atoms with Gasteiger partial charge in [-0.05, 0) is 55.7 Å². The first-order valence-corrected chi connectivity index (χ1v) is 11.6. The van der Waals surface area contributed by atoms with Crippen LogP contribution in [0.4, 0.5) is 5.82 Å². The van der Waals surface area contributed by atoms with Crippen LogP contribution in [0.25, 0.3) is 11.5 Å². The van der Waals surface area contributed by atoms with Gasteiger partial charge in [0, 0.05) is 26.2 Å². The van der Waals surface area contributed by atoms with E-state index in [1.165, 1.54) is 0 Å². The second kappa shape index (κ2) is 10.6. The number of nitrogens with zero attached hydrogens (tertiary/aromatic N) is 5. The Balaban J connectivity index is 1.56. The van der Waals surface area contributed by atoms with Crippen molar-refractivity contribution in [3.8, 4) is 17.3 Å². The number of anilines is 1. The van der Waals surface area contributed by atoms with E-state index in [2.05, 4.69) is 20.5 Å². The SMILES string of the molecule is COCCC(=O)N1CCc2cc(OC)c(C(=O)Nc3cccc(-c4nncn4C(C)C)n3)cc2C1. The Morgan fingerprint density at radius 2 is 2.00 bits per heavy atom. The van der Waals surface area contributed by atoms with Gasteiger partial charge in [0.1, 0.15) is 23.6 Å². The van der Waals surface area contributed by atoms with Crippen LogP contribution in [0.1, 0.15) is 47.8 Å².